The van der Waals surface area contributed by atoms with Crippen LogP contribution < -0.4 is 10.2 Å². The van der Waals surface area contributed by atoms with Crippen molar-refractivity contribution in [3.05, 3.63) is 42.6 Å². The molecule has 128 valence electrons. The van der Waals surface area contributed by atoms with Crippen molar-refractivity contribution < 1.29 is 4.79 Å². The van der Waals surface area contributed by atoms with E-state index in [-0.39, 0.29) is 11.8 Å². The Bertz CT molecular complexity index is 654. The number of aromatic nitrogens is 3. The monoisotopic (exact) mass is 327 g/mol. The average Bonchev–Trinajstić information content (AvgIpc) is 3.08. The SMILES string of the molecule is CCCn1ccnc1CNC(=O)C1CCCN(c2ccccn2)C1. The molecule has 6 heteroatoms. The number of carbonyl (C=O) groups excluding carboxylic acids is 1. The molecular formula is C18H25N5O. The Morgan fingerprint density at radius 2 is 2.25 bits per heavy atom. The number of amides is 1. The van der Waals surface area contributed by atoms with Gasteiger partial charge in [-0.3, -0.25) is 4.79 Å². The van der Waals surface area contributed by atoms with E-state index < -0.39 is 0 Å². The molecule has 3 rings (SSSR count). The molecule has 0 bridgehead atoms. The van der Waals surface area contributed by atoms with Crippen LogP contribution in [-0.2, 0) is 17.9 Å². The van der Waals surface area contributed by atoms with Gasteiger partial charge in [0.15, 0.2) is 0 Å². The van der Waals surface area contributed by atoms with Crippen LogP contribution in [0.25, 0.3) is 0 Å². The van der Waals surface area contributed by atoms with Gasteiger partial charge in [-0.1, -0.05) is 13.0 Å². The summed E-state index contributed by atoms with van der Waals surface area (Å²) in [7, 11) is 0. The molecule has 1 aliphatic heterocycles. The van der Waals surface area contributed by atoms with Crippen LogP contribution in [0, 0.1) is 5.92 Å². The van der Waals surface area contributed by atoms with Gasteiger partial charge in [-0.25, -0.2) is 9.97 Å². The number of nitrogens with one attached hydrogen (secondary N) is 1. The zero-order valence-corrected chi connectivity index (χ0v) is 14.2. The average molecular weight is 327 g/mol. The summed E-state index contributed by atoms with van der Waals surface area (Å²) >= 11 is 0. The molecule has 0 spiro atoms. The van der Waals surface area contributed by atoms with Gasteiger partial charge in [0.05, 0.1) is 12.5 Å². The van der Waals surface area contributed by atoms with E-state index >= 15 is 0 Å². The van der Waals surface area contributed by atoms with E-state index in [9.17, 15) is 4.79 Å². The lowest BCUT2D eigenvalue weighted by Crippen LogP contribution is -2.43. The van der Waals surface area contributed by atoms with Gasteiger partial charge >= 0.3 is 0 Å². The smallest absolute Gasteiger partial charge is 0.225 e. The molecule has 1 aliphatic rings. The van der Waals surface area contributed by atoms with E-state index in [0.29, 0.717) is 6.54 Å². The fourth-order valence-corrected chi connectivity index (χ4v) is 3.20. The Balaban J connectivity index is 1.56. The number of pyridine rings is 1. The minimum Gasteiger partial charge on any atom is -0.356 e. The number of aryl methyl sites for hydroxylation is 1. The van der Waals surface area contributed by atoms with E-state index in [1.54, 1.807) is 12.4 Å². The number of anilines is 1. The largest absolute Gasteiger partial charge is 0.356 e. The molecule has 24 heavy (non-hydrogen) atoms. The summed E-state index contributed by atoms with van der Waals surface area (Å²) in [6.45, 7) is 5.25. The Labute approximate surface area is 142 Å². The van der Waals surface area contributed by atoms with Gasteiger partial charge < -0.3 is 14.8 Å². The van der Waals surface area contributed by atoms with E-state index in [2.05, 4.69) is 31.7 Å². The van der Waals surface area contributed by atoms with Gasteiger partial charge in [0.2, 0.25) is 5.91 Å². The van der Waals surface area contributed by atoms with E-state index in [4.69, 9.17) is 0 Å². The van der Waals surface area contributed by atoms with Crippen molar-refractivity contribution in [2.24, 2.45) is 5.92 Å². The van der Waals surface area contributed by atoms with Crippen molar-refractivity contribution in [2.75, 3.05) is 18.0 Å². The van der Waals surface area contributed by atoms with Crippen LogP contribution in [0.1, 0.15) is 32.0 Å². The summed E-state index contributed by atoms with van der Waals surface area (Å²) in [6.07, 6.45) is 8.55. The Morgan fingerprint density at radius 1 is 1.33 bits per heavy atom. The van der Waals surface area contributed by atoms with Gasteiger partial charge in [-0.05, 0) is 31.4 Å². The maximum absolute atomic E-state index is 12.5. The van der Waals surface area contributed by atoms with Gasteiger partial charge in [-0.2, -0.15) is 0 Å². The van der Waals surface area contributed by atoms with Crippen molar-refractivity contribution in [3.63, 3.8) is 0 Å². The lowest BCUT2D eigenvalue weighted by molar-refractivity contribution is -0.125. The predicted molar refractivity (Wildman–Crippen MR) is 93.5 cm³/mol. The Kier molecular flexibility index (Phi) is 5.46. The van der Waals surface area contributed by atoms with Crippen LogP contribution >= 0.6 is 0 Å². The minimum atomic E-state index is 0.00958. The number of nitrogens with zero attached hydrogens (tertiary/aromatic N) is 4. The minimum absolute atomic E-state index is 0.00958. The molecule has 0 radical (unpaired) electrons. The van der Waals surface area contributed by atoms with Crippen molar-refractivity contribution in [1.29, 1.82) is 0 Å². The van der Waals surface area contributed by atoms with Gasteiger partial charge in [-0.15, -0.1) is 0 Å². The normalized spacial score (nSPS) is 17.7. The molecule has 0 saturated carbocycles. The molecule has 3 heterocycles. The second-order valence-electron chi connectivity index (χ2n) is 6.23. The molecule has 1 atom stereocenters. The Morgan fingerprint density at radius 3 is 3.04 bits per heavy atom. The molecule has 6 nitrogen and oxygen atoms in total. The summed E-state index contributed by atoms with van der Waals surface area (Å²) < 4.78 is 2.10. The molecule has 1 amide bonds. The summed E-state index contributed by atoms with van der Waals surface area (Å²) in [6, 6.07) is 5.90. The summed E-state index contributed by atoms with van der Waals surface area (Å²) in [4.78, 5) is 23.5. The van der Waals surface area contributed by atoms with Crippen molar-refractivity contribution in [3.8, 4) is 0 Å². The first-order valence-electron chi connectivity index (χ1n) is 8.71. The summed E-state index contributed by atoms with van der Waals surface area (Å²) in [5, 5.41) is 3.06. The lowest BCUT2D eigenvalue weighted by atomic mass is 9.97. The first-order chi connectivity index (χ1) is 11.8. The van der Waals surface area contributed by atoms with E-state index in [1.165, 1.54) is 0 Å². The maximum Gasteiger partial charge on any atom is 0.225 e. The molecular weight excluding hydrogens is 302 g/mol. The second kappa shape index (κ2) is 7.95. The molecule has 0 aliphatic carbocycles. The van der Waals surface area contributed by atoms with E-state index in [1.807, 2.05) is 24.4 Å². The third kappa shape index (κ3) is 3.93. The van der Waals surface area contributed by atoms with Crippen LogP contribution in [0.15, 0.2) is 36.8 Å². The predicted octanol–water partition coefficient (Wildman–Crippen LogP) is 2.22. The first kappa shape index (κ1) is 16.5. The molecule has 0 aromatic carbocycles. The first-order valence-corrected chi connectivity index (χ1v) is 8.71. The number of imidazole rings is 1. The topological polar surface area (TPSA) is 63.1 Å². The van der Waals surface area contributed by atoms with Crippen LogP contribution in [-0.4, -0.2) is 33.5 Å². The fourth-order valence-electron chi connectivity index (χ4n) is 3.20. The Hall–Kier alpha value is -2.37. The number of rotatable bonds is 6. The summed E-state index contributed by atoms with van der Waals surface area (Å²) in [5.74, 6) is 1.99. The number of hydrogen-bond donors (Lipinski definition) is 1. The molecule has 1 N–H and O–H groups in total. The lowest BCUT2D eigenvalue weighted by Gasteiger charge is -2.32. The standard InChI is InChI=1S/C18H25N5O/c1-2-10-22-12-9-20-17(22)13-21-18(24)15-6-5-11-23(14-15)16-7-3-4-8-19-16/h3-4,7-9,12,15H,2,5-6,10-11,13-14H2,1H3,(H,21,24). The highest BCUT2D eigenvalue weighted by molar-refractivity contribution is 5.79. The quantitative estimate of drug-likeness (QED) is 0.884. The molecule has 1 fully saturated rings. The van der Waals surface area contributed by atoms with Crippen molar-refractivity contribution in [1.82, 2.24) is 19.9 Å². The third-order valence-electron chi connectivity index (χ3n) is 4.45. The van der Waals surface area contributed by atoms with Crippen LogP contribution in [0.4, 0.5) is 5.82 Å². The highest BCUT2D eigenvalue weighted by Crippen LogP contribution is 2.21. The molecule has 1 saturated heterocycles. The molecule has 2 aromatic heterocycles. The maximum atomic E-state index is 12.5. The van der Waals surface area contributed by atoms with Crippen molar-refractivity contribution in [2.45, 2.75) is 39.3 Å². The number of piperidine rings is 1. The highest BCUT2D eigenvalue weighted by Gasteiger charge is 2.26. The van der Waals surface area contributed by atoms with Gasteiger partial charge in [0.1, 0.15) is 11.6 Å². The zero-order chi connectivity index (χ0) is 16.8. The van der Waals surface area contributed by atoms with Crippen LogP contribution in [0.2, 0.25) is 0 Å². The fraction of sp³-hybridized carbons (Fsp3) is 0.500. The van der Waals surface area contributed by atoms with Crippen LogP contribution in [0.3, 0.4) is 0 Å². The second-order valence-corrected chi connectivity index (χ2v) is 6.23. The van der Waals surface area contributed by atoms with Gasteiger partial charge in [0.25, 0.3) is 0 Å². The van der Waals surface area contributed by atoms with Gasteiger partial charge in [0, 0.05) is 38.2 Å². The molecule has 2 aromatic rings. The highest BCUT2D eigenvalue weighted by atomic mass is 16.1. The number of hydrogen-bond acceptors (Lipinski definition) is 4. The van der Waals surface area contributed by atoms with Crippen LogP contribution in [0.5, 0.6) is 0 Å². The summed E-state index contributed by atoms with van der Waals surface area (Å²) in [5.41, 5.74) is 0. The van der Waals surface area contributed by atoms with E-state index in [0.717, 1.165) is 50.5 Å². The third-order valence-corrected chi connectivity index (χ3v) is 4.45. The van der Waals surface area contributed by atoms with Crippen molar-refractivity contribution >= 4 is 11.7 Å². The zero-order valence-electron chi connectivity index (χ0n) is 14.2. The number of carbonyl (C=O) groups is 1. The molecule has 1 unspecified atom stereocenters.